The molecular weight excluding hydrogens is 790 g/mol. The molecule has 0 saturated carbocycles. The summed E-state index contributed by atoms with van der Waals surface area (Å²) in [6.45, 7) is 2.84. The van der Waals surface area contributed by atoms with Gasteiger partial charge in [-0.3, -0.25) is 29.7 Å². The lowest BCUT2D eigenvalue weighted by atomic mass is 10.1. The van der Waals surface area contributed by atoms with Gasteiger partial charge in [-0.1, -0.05) is 35.3 Å². The van der Waals surface area contributed by atoms with E-state index in [1.807, 2.05) is 5.32 Å². The molecular formula is C30H37Cl2N4O13PS2. The van der Waals surface area contributed by atoms with Crippen LogP contribution in [0.1, 0.15) is 34.6 Å². The van der Waals surface area contributed by atoms with Crippen molar-refractivity contribution in [1.29, 1.82) is 0 Å². The van der Waals surface area contributed by atoms with Gasteiger partial charge >= 0.3 is 22.1 Å². The number of benzene rings is 3. The molecule has 17 nitrogen and oxygen atoms in total. The molecule has 4 N–H and O–H groups in total. The lowest BCUT2D eigenvalue weighted by Crippen LogP contribution is -2.48. The molecule has 4 rings (SSSR count). The highest BCUT2D eigenvalue weighted by Gasteiger charge is 2.36. The van der Waals surface area contributed by atoms with Crippen LogP contribution < -0.4 is 19.7 Å². The molecule has 1 atom stereocenters. The number of nitro groups is 1. The second-order valence-electron chi connectivity index (χ2n) is 10.8. The van der Waals surface area contributed by atoms with Crippen LogP contribution in [0.5, 0.6) is 11.5 Å². The average Bonchev–Trinajstić information content (AvgIpc) is 3.01. The zero-order chi connectivity index (χ0) is 40.0. The number of aliphatic carboxylic acids is 1. The van der Waals surface area contributed by atoms with Crippen molar-refractivity contribution in [2.75, 3.05) is 43.4 Å². The van der Waals surface area contributed by atoms with Crippen molar-refractivity contribution in [3.05, 3.63) is 92.0 Å². The second-order valence-corrected chi connectivity index (χ2v) is 17.2. The molecule has 3 aromatic carbocycles. The zero-order valence-electron chi connectivity index (χ0n) is 28.6. The quantitative estimate of drug-likeness (QED) is 0.0770. The van der Waals surface area contributed by atoms with E-state index in [0.29, 0.717) is 32.9 Å². The molecule has 22 heteroatoms. The van der Waals surface area contributed by atoms with Crippen LogP contribution in [0.3, 0.4) is 0 Å². The normalized spacial score (nSPS) is 13.7. The number of nitrogens with zero attached hydrogens (tertiary/aromatic N) is 2. The number of ether oxygens (including phenoxy) is 2. The van der Waals surface area contributed by atoms with E-state index < -0.39 is 59.4 Å². The Kier molecular flexibility index (Phi) is 18.6. The summed E-state index contributed by atoms with van der Waals surface area (Å²) in [5.41, 5.74) is 0.131. The number of methoxy groups -OCH3 is 1. The van der Waals surface area contributed by atoms with Gasteiger partial charge in [0.15, 0.2) is 0 Å². The minimum absolute atomic E-state index is 0.204. The summed E-state index contributed by atoms with van der Waals surface area (Å²) in [6.07, 6.45) is 5.87. The van der Waals surface area contributed by atoms with E-state index in [4.69, 9.17) is 37.9 Å². The fourth-order valence-corrected chi connectivity index (χ4v) is 5.95. The molecule has 1 amide bonds. The molecule has 286 valence electrons. The van der Waals surface area contributed by atoms with E-state index in [9.17, 15) is 42.4 Å². The number of carbonyl (C=O) groups is 3. The molecule has 52 heavy (non-hydrogen) atoms. The highest BCUT2D eigenvalue weighted by Crippen LogP contribution is 2.34. The summed E-state index contributed by atoms with van der Waals surface area (Å²) < 4.78 is 46.8. The number of rotatable bonds is 9. The summed E-state index contributed by atoms with van der Waals surface area (Å²) in [5, 5.41) is 21.6. The van der Waals surface area contributed by atoms with E-state index in [1.54, 1.807) is 50.2 Å². The van der Waals surface area contributed by atoms with Gasteiger partial charge in [0.2, 0.25) is 0 Å². The van der Waals surface area contributed by atoms with Crippen LogP contribution in [0, 0.1) is 10.1 Å². The van der Waals surface area contributed by atoms with Crippen molar-refractivity contribution in [1.82, 2.24) is 9.62 Å². The lowest BCUT2D eigenvalue weighted by molar-refractivity contribution is -0.385. The zero-order valence-corrected chi connectivity index (χ0v) is 32.6. The number of anilines is 1. The van der Waals surface area contributed by atoms with Crippen molar-refractivity contribution in [2.45, 2.75) is 19.9 Å². The minimum Gasteiger partial charge on any atom is -0.778 e. The standard InChI is InChI=1S/C14H9Cl2NO5.C10H12N2O3S.C3H8NO5P.C3H9S/c1-21-14(18)10-7-9(3-4-12(10)17(19)20)22-13-5-2-8(15)6-11(13)16;1-7(2)12-10(13)8-5-3-4-6-9(8)11-16(12,14)15;5-3(6)1-4-2-10(7,8)9;1-4(2)3/h2-7H,1H3;3-7,11H,1-2H3;4H,1-2H2,(H,5,6)(H2,7,8,9);1-3H3/q;;;+1/p-1. The first kappa shape index (κ1) is 46.1. The van der Waals surface area contributed by atoms with Crippen molar-refractivity contribution < 1.29 is 56.7 Å². The monoisotopic (exact) mass is 826 g/mol. The van der Waals surface area contributed by atoms with E-state index in [1.165, 1.54) is 18.2 Å². The summed E-state index contributed by atoms with van der Waals surface area (Å²) in [7, 11) is -6.32. The minimum atomic E-state index is -4.35. The van der Waals surface area contributed by atoms with Crippen molar-refractivity contribution in [3.63, 3.8) is 0 Å². The van der Waals surface area contributed by atoms with E-state index >= 15 is 0 Å². The maximum absolute atomic E-state index is 12.0. The van der Waals surface area contributed by atoms with Crippen molar-refractivity contribution in [3.8, 4) is 11.5 Å². The smallest absolute Gasteiger partial charge is 0.345 e. The van der Waals surface area contributed by atoms with Gasteiger partial charge in [-0.25, -0.2) is 9.10 Å². The maximum atomic E-state index is 12.0. The third kappa shape index (κ3) is 15.7. The van der Waals surface area contributed by atoms with Gasteiger partial charge in [-0.15, -0.1) is 0 Å². The number of esters is 1. The highest BCUT2D eigenvalue weighted by molar-refractivity contribution is 7.94. The van der Waals surface area contributed by atoms with Gasteiger partial charge in [0.25, 0.3) is 11.6 Å². The summed E-state index contributed by atoms with van der Waals surface area (Å²) in [4.78, 5) is 61.6. The molecule has 1 unspecified atom stereocenters. The molecule has 1 heterocycles. The summed E-state index contributed by atoms with van der Waals surface area (Å²) >= 11 is 11.8. The third-order valence-electron chi connectivity index (χ3n) is 5.60. The van der Waals surface area contributed by atoms with Gasteiger partial charge in [-0.2, -0.15) is 8.42 Å². The van der Waals surface area contributed by atoms with Gasteiger partial charge in [0.1, 0.15) is 24.7 Å². The SMILES string of the molecule is CC(C)N1C(=O)c2ccccc2NS1(=O)=O.COC(=O)c1cc(Oc2ccc(Cl)cc2Cl)ccc1[N+](=O)[O-].C[S+](C)C.O=C(O)CNCP(=O)([O-])O. The molecule has 0 saturated heterocycles. The van der Waals surface area contributed by atoms with Crippen LogP contribution in [0.25, 0.3) is 0 Å². The number of fused-ring (bicyclic) bond motifs is 1. The first-order valence-corrected chi connectivity index (χ1v) is 20.8. The molecule has 0 bridgehead atoms. The highest BCUT2D eigenvalue weighted by atomic mass is 35.5. The van der Waals surface area contributed by atoms with Gasteiger partial charge in [0, 0.05) is 23.2 Å². The lowest BCUT2D eigenvalue weighted by Gasteiger charge is -2.31. The molecule has 0 aromatic heterocycles. The van der Waals surface area contributed by atoms with Crippen LogP contribution in [0.15, 0.2) is 60.7 Å². The summed E-state index contributed by atoms with van der Waals surface area (Å²) in [6, 6.07) is 14.5. The first-order valence-electron chi connectivity index (χ1n) is 14.4. The number of carboxylic acid groups (broad SMARTS) is 1. The number of carboxylic acids is 1. The molecule has 3 aromatic rings. The van der Waals surface area contributed by atoms with E-state index in [-0.39, 0.29) is 22.0 Å². The van der Waals surface area contributed by atoms with Gasteiger partial charge in [0.05, 0.1) is 59.9 Å². The second kappa shape index (κ2) is 20.9. The Hall–Kier alpha value is -3.94. The van der Waals surface area contributed by atoms with Gasteiger partial charge < -0.3 is 28.9 Å². The Morgan fingerprint density at radius 3 is 2.19 bits per heavy atom. The van der Waals surface area contributed by atoms with Crippen LogP contribution in [0.4, 0.5) is 11.4 Å². The Morgan fingerprint density at radius 1 is 1.10 bits per heavy atom. The third-order valence-corrected chi connectivity index (χ3v) is 8.34. The topological polar surface area (TPSA) is 255 Å². The Labute approximate surface area is 313 Å². The Morgan fingerprint density at radius 2 is 1.69 bits per heavy atom. The van der Waals surface area contributed by atoms with Crippen molar-refractivity contribution >= 4 is 81.1 Å². The predicted molar refractivity (Wildman–Crippen MR) is 197 cm³/mol. The molecule has 0 spiro atoms. The fourth-order valence-electron chi connectivity index (χ4n) is 3.69. The molecule has 0 radical (unpaired) electrons. The number of hydrogen-bond acceptors (Lipinski definition) is 12. The number of para-hydroxylation sites is 1. The molecule has 1 aliphatic rings. The number of amides is 1. The number of nitrogens with one attached hydrogen (secondary N) is 2. The van der Waals surface area contributed by atoms with Crippen molar-refractivity contribution in [2.24, 2.45) is 0 Å². The average molecular weight is 828 g/mol. The maximum Gasteiger partial charge on any atom is 0.345 e. The fraction of sp³-hybridized carbons (Fsp3) is 0.300. The van der Waals surface area contributed by atoms with Crippen LogP contribution in [-0.4, -0.2) is 90.2 Å². The number of hydrogen-bond donors (Lipinski definition) is 4. The molecule has 1 aliphatic heterocycles. The Balaban J connectivity index is 0.000000394. The van der Waals surface area contributed by atoms with E-state index in [2.05, 4.69) is 28.2 Å². The van der Waals surface area contributed by atoms with E-state index in [0.717, 1.165) is 17.5 Å². The van der Waals surface area contributed by atoms with Crippen LogP contribution in [0.2, 0.25) is 10.0 Å². The molecule has 0 aliphatic carbocycles. The number of nitro benzene ring substituents is 1. The predicted octanol–water partition coefficient (Wildman–Crippen LogP) is 4.35. The molecule has 0 fully saturated rings. The number of halogens is 2. The first-order chi connectivity index (χ1) is 24.0. The summed E-state index contributed by atoms with van der Waals surface area (Å²) in [5.74, 6) is -1.98. The van der Waals surface area contributed by atoms with Crippen LogP contribution >= 0.6 is 30.8 Å². The van der Waals surface area contributed by atoms with Gasteiger partial charge in [-0.05, 0) is 61.1 Å². The largest absolute Gasteiger partial charge is 0.778 e. The number of carbonyl (C=O) groups excluding carboxylic acids is 2. The van der Waals surface area contributed by atoms with Crippen LogP contribution in [-0.2, 0) is 35.2 Å². The Bertz CT molecular complexity index is 1890.